The fraction of sp³-hybridized carbons (Fsp3) is 0.478. The van der Waals surface area contributed by atoms with Crippen LogP contribution in [0.2, 0.25) is 0 Å². The summed E-state index contributed by atoms with van der Waals surface area (Å²) in [7, 11) is 0. The van der Waals surface area contributed by atoms with E-state index in [2.05, 4.69) is 62.5 Å². The van der Waals surface area contributed by atoms with Gasteiger partial charge in [-0.2, -0.15) is 0 Å². The third kappa shape index (κ3) is 7.81. The second-order valence-corrected chi connectivity index (χ2v) is 7.11. The van der Waals surface area contributed by atoms with Crippen LogP contribution in [0, 0.1) is 5.92 Å². The van der Waals surface area contributed by atoms with Crippen molar-refractivity contribution in [2.24, 2.45) is 5.92 Å². The van der Waals surface area contributed by atoms with Gasteiger partial charge in [-0.1, -0.05) is 51.8 Å². The predicted octanol–water partition coefficient (Wildman–Crippen LogP) is 6.29. The molecule has 0 spiro atoms. The summed E-state index contributed by atoms with van der Waals surface area (Å²) in [6.07, 6.45) is 4.64. The van der Waals surface area contributed by atoms with E-state index in [-0.39, 0.29) is 0 Å². The maximum absolute atomic E-state index is 5.82. The predicted molar refractivity (Wildman–Crippen MR) is 110 cm³/mol. The molecule has 0 aliphatic carbocycles. The maximum Gasteiger partial charge on any atom is 0.121 e. The Morgan fingerprint density at radius 3 is 2.38 bits per heavy atom. The van der Waals surface area contributed by atoms with Crippen LogP contribution in [-0.2, 0) is 6.54 Å². The molecule has 0 aromatic heterocycles. The lowest BCUT2D eigenvalue weighted by Gasteiger charge is -2.11. The fourth-order valence-corrected chi connectivity index (χ4v) is 2.56. The summed E-state index contributed by atoms with van der Waals surface area (Å²) in [6.45, 7) is 8.97. The zero-order chi connectivity index (χ0) is 18.6. The first-order chi connectivity index (χ1) is 12.7. The highest BCUT2D eigenvalue weighted by atomic mass is 16.5. The molecular formula is C23H33NO2. The molecule has 2 rings (SSSR count). The minimum absolute atomic E-state index is 0.662. The van der Waals surface area contributed by atoms with Crippen LogP contribution >= 0.6 is 0 Å². The molecule has 3 heteroatoms. The molecular weight excluding hydrogens is 322 g/mol. The number of unbranched alkanes of at least 4 members (excludes halogenated alkanes) is 2. The van der Waals surface area contributed by atoms with Crippen LogP contribution in [0.1, 0.15) is 52.0 Å². The minimum atomic E-state index is 0.662. The van der Waals surface area contributed by atoms with E-state index >= 15 is 0 Å². The van der Waals surface area contributed by atoms with Gasteiger partial charge in [0.2, 0.25) is 0 Å². The quantitative estimate of drug-likeness (QED) is 0.454. The van der Waals surface area contributed by atoms with E-state index in [1.807, 2.05) is 12.1 Å². The number of ether oxygens (including phenoxy) is 2. The molecule has 26 heavy (non-hydrogen) atoms. The molecule has 0 unspecified atom stereocenters. The van der Waals surface area contributed by atoms with Gasteiger partial charge in [-0.25, -0.2) is 0 Å². The molecule has 0 saturated carbocycles. The average molecular weight is 356 g/mol. The van der Waals surface area contributed by atoms with Crippen molar-refractivity contribution in [3.8, 4) is 11.5 Å². The second kappa shape index (κ2) is 11.5. The maximum atomic E-state index is 5.82. The van der Waals surface area contributed by atoms with Gasteiger partial charge in [0.25, 0.3) is 0 Å². The van der Waals surface area contributed by atoms with Crippen LogP contribution in [0.5, 0.6) is 11.5 Å². The molecule has 2 aromatic rings. The lowest BCUT2D eigenvalue weighted by molar-refractivity contribution is 0.289. The highest BCUT2D eigenvalue weighted by Crippen LogP contribution is 2.19. The SMILES string of the molecule is CCCCCOc1ccc(CNc2cccc(OCCC(C)C)c2)cc1. The van der Waals surface area contributed by atoms with Crippen molar-refractivity contribution < 1.29 is 9.47 Å². The Bertz CT molecular complexity index is 622. The summed E-state index contributed by atoms with van der Waals surface area (Å²) in [4.78, 5) is 0. The lowest BCUT2D eigenvalue weighted by atomic mass is 10.1. The number of hydrogen-bond acceptors (Lipinski definition) is 3. The Kier molecular flexibility index (Phi) is 8.88. The van der Waals surface area contributed by atoms with Crippen LogP contribution in [0.15, 0.2) is 48.5 Å². The fourth-order valence-electron chi connectivity index (χ4n) is 2.56. The Hall–Kier alpha value is -2.16. The van der Waals surface area contributed by atoms with Crippen molar-refractivity contribution in [3.63, 3.8) is 0 Å². The van der Waals surface area contributed by atoms with Crippen molar-refractivity contribution in [1.29, 1.82) is 0 Å². The molecule has 2 aromatic carbocycles. The number of nitrogens with one attached hydrogen (secondary N) is 1. The molecule has 142 valence electrons. The van der Waals surface area contributed by atoms with Crippen LogP contribution in [0.3, 0.4) is 0 Å². The van der Waals surface area contributed by atoms with Gasteiger partial charge < -0.3 is 14.8 Å². The molecule has 0 bridgehead atoms. The molecule has 0 fully saturated rings. The molecule has 0 atom stereocenters. The van der Waals surface area contributed by atoms with E-state index in [0.717, 1.165) is 49.8 Å². The van der Waals surface area contributed by atoms with Crippen LogP contribution in [0.25, 0.3) is 0 Å². The normalized spacial score (nSPS) is 10.8. The van der Waals surface area contributed by atoms with Crippen molar-refractivity contribution in [2.45, 2.75) is 53.0 Å². The third-order valence-corrected chi connectivity index (χ3v) is 4.23. The standard InChI is InChI=1S/C23H33NO2/c1-4-5-6-15-25-22-12-10-20(11-13-22)18-24-21-8-7-9-23(17-21)26-16-14-19(2)3/h7-13,17,19,24H,4-6,14-16,18H2,1-3H3. The number of benzene rings is 2. The molecule has 1 N–H and O–H groups in total. The largest absolute Gasteiger partial charge is 0.494 e. The first kappa shape index (κ1) is 20.2. The zero-order valence-electron chi connectivity index (χ0n) is 16.5. The summed E-state index contributed by atoms with van der Waals surface area (Å²) in [5, 5.41) is 3.46. The van der Waals surface area contributed by atoms with E-state index in [1.54, 1.807) is 0 Å². The van der Waals surface area contributed by atoms with Gasteiger partial charge in [-0.05, 0) is 48.6 Å². The molecule has 3 nitrogen and oxygen atoms in total. The average Bonchev–Trinajstić information content (AvgIpc) is 2.65. The smallest absolute Gasteiger partial charge is 0.121 e. The first-order valence-corrected chi connectivity index (χ1v) is 9.86. The third-order valence-electron chi connectivity index (χ3n) is 4.23. The van der Waals surface area contributed by atoms with Crippen molar-refractivity contribution in [1.82, 2.24) is 0 Å². The van der Waals surface area contributed by atoms with Crippen LogP contribution < -0.4 is 14.8 Å². The van der Waals surface area contributed by atoms with Gasteiger partial charge in [0.1, 0.15) is 11.5 Å². The highest BCUT2D eigenvalue weighted by molar-refractivity contribution is 5.48. The van der Waals surface area contributed by atoms with E-state index in [1.165, 1.54) is 18.4 Å². The highest BCUT2D eigenvalue weighted by Gasteiger charge is 2.00. The van der Waals surface area contributed by atoms with Gasteiger partial charge in [0.05, 0.1) is 13.2 Å². The number of anilines is 1. The molecule has 0 saturated heterocycles. The van der Waals surface area contributed by atoms with Crippen molar-refractivity contribution >= 4 is 5.69 Å². The van der Waals surface area contributed by atoms with Gasteiger partial charge in [0.15, 0.2) is 0 Å². The van der Waals surface area contributed by atoms with Crippen molar-refractivity contribution in [3.05, 3.63) is 54.1 Å². The summed E-state index contributed by atoms with van der Waals surface area (Å²) in [6, 6.07) is 16.5. The molecule has 0 amide bonds. The Morgan fingerprint density at radius 2 is 1.65 bits per heavy atom. The van der Waals surface area contributed by atoms with Gasteiger partial charge >= 0.3 is 0 Å². The number of hydrogen-bond donors (Lipinski definition) is 1. The summed E-state index contributed by atoms with van der Waals surface area (Å²) >= 11 is 0. The topological polar surface area (TPSA) is 30.5 Å². The summed E-state index contributed by atoms with van der Waals surface area (Å²) < 4.78 is 11.6. The van der Waals surface area contributed by atoms with E-state index in [9.17, 15) is 0 Å². The Morgan fingerprint density at radius 1 is 0.885 bits per heavy atom. The van der Waals surface area contributed by atoms with Crippen LogP contribution in [0.4, 0.5) is 5.69 Å². The van der Waals surface area contributed by atoms with Gasteiger partial charge in [0, 0.05) is 18.3 Å². The summed E-state index contributed by atoms with van der Waals surface area (Å²) in [5.74, 6) is 2.53. The Labute approximate surface area is 158 Å². The van der Waals surface area contributed by atoms with E-state index in [0.29, 0.717) is 5.92 Å². The minimum Gasteiger partial charge on any atom is -0.494 e. The molecule has 0 radical (unpaired) electrons. The summed E-state index contributed by atoms with van der Waals surface area (Å²) in [5.41, 5.74) is 2.31. The van der Waals surface area contributed by atoms with Crippen LogP contribution in [-0.4, -0.2) is 13.2 Å². The van der Waals surface area contributed by atoms with E-state index in [4.69, 9.17) is 9.47 Å². The second-order valence-electron chi connectivity index (χ2n) is 7.11. The first-order valence-electron chi connectivity index (χ1n) is 9.86. The molecule has 0 heterocycles. The van der Waals surface area contributed by atoms with Gasteiger partial charge in [-0.15, -0.1) is 0 Å². The monoisotopic (exact) mass is 355 g/mol. The van der Waals surface area contributed by atoms with E-state index < -0.39 is 0 Å². The van der Waals surface area contributed by atoms with Crippen molar-refractivity contribution in [2.75, 3.05) is 18.5 Å². The number of rotatable bonds is 12. The zero-order valence-corrected chi connectivity index (χ0v) is 16.5. The molecule has 0 aliphatic heterocycles. The van der Waals surface area contributed by atoms with Gasteiger partial charge in [-0.3, -0.25) is 0 Å². The lowest BCUT2D eigenvalue weighted by Crippen LogP contribution is -2.03. The Balaban J connectivity index is 1.77. The molecule has 0 aliphatic rings.